The molecular weight excluding hydrogens is 373 g/mol. The van der Waals surface area contributed by atoms with Crippen molar-refractivity contribution in [1.82, 2.24) is 5.32 Å². The molecule has 1 fully saturated rings. The molecule has 1 aliphatic carbocycles. The van der Waals surface area contributed by atoms with Crippen molar-refractivity contribution in [2.75, 3.05) is 0 Å². The van der Waals surface area contributed by atoms with Gasteiger partial charge in [-0.2, -0.15) is 0 Å². The van der Waals surface area contributed by atoms with Crippen LogP contribution in [-0.4, -0.2) is 11.9 Å². The number of rotatable bonds is 2. The van der Waals surface area contributed by atoms with E-state index in [9.17, 15) is 4.79 Å². The molecule has 0 aliphatic heterocycles. The third-order valence-corrected chi connectivity index (χ3v) is 4.89. The van der Waals surface area contributed by atoms with Crippen LogP contribution < -0.4 is 5.32 Å². The van der Waals surface area contributed by atoms with Gasteiger partial charge in [-0.25, -0.2) is 0 Å². The van der Waals surface area contributed by atoms with Crippen molar-refractivity contribution < 1.29 is 4.79 Å². The zero-order chi connectivity index (χ0) is 14.0. The van der Waals surface area contributed by atoms with Crippen LogP contribution in [0.2, 0.25) is 5.02 Å². The zero-order valence-corrected chi connectivity index (χ0v) is 14.2. The van der Waals surface area contributed by atoms with Gasteiger partial charge in [0.1, 0.15) is 0 Å². The molecule has 1 atom stereocenters. The first-order valence-corrected chi connectivity index (χ1v) is 8.09. The van der Waals surface area contributed by atoms with E-state index in [2.05, 4.69) is 41.8 Å². The average Bonchev–Trinajstić information content (AvgIpc) is 2.31. The van der Waals surface area contributed by atoms with Crippen LogP contribution in [0.25, 0.3) is 0 Å². The van der Waals surface area contributed by atoms with Crippen molar-refractivity contribution in [2.45, 2.75) is 45.6 Å². The van der Waals surface area contributed by atoms with Gasteiger partial charge in [0.15, 0.2) is 0 Å². The van der Waals surface area contributed by atoms with Crippen molar-refractivity contribution in [3.63, 3.8) is 0 Å². The molecule has 0 heterocycles. The van der Waals surface area contributed by atoms with E-state index in [4.69, 9.17) is 11.6 Å². The summed E-state index contributed by atoms with van der Waals surface area (Å²) in [5.74, 6) is -0.00500. The van der Waals surface area contributed by atoms with E-state index in [1.54, 1.807) is 6.07 Å². The summed E-state index contributed by atoms with van der Waals surface area (Å²) in [5, 5.41) is 3.76. The molecule has 0 radical (unpaired) electrons. The SMILES string of the molecule is CC1(C)CCCC(NC(=O)c2cc(Cl)ccc2I)C1. The average molecular weight is 392 g/mol. The Morgan fingerprint density at radius 2 is 2.21 bits per heavy atom. The van der Waals surface area contributed by atoms with Crippen LogP contribution in [0.15, 0.2) is 18.2 Å². The molecule has 0 saturated heterocycles. The van der Waals surface area contributed by atoms with Crippen LogP contribution in [0, 0.1) is 8.99 Å². The number of halogens is 2. The molecule has 4 heteroatoms. The molecule has 1 aromatic carbocycles. The molecule has 1 amide bonds. The summed E-state index contributed by atoms with van der Waals surface area (Å²) < 4.78 is 0.939. The Bertz CT molecular complexity index is 487. The Kier molecular flexibility index (Phi) is 4.77. The van der Waals surface area contributed by atoms with Crippen LogP contribution in [0.4, 0.5) is 0 Å². The smallest absolute Gasteiger partial charge is 0.252 e. The van der Waals surface area contributed by atoms with Crippen molar-refractivity contribution in [2.24, 2.45) is 5.41 Å². The molecule has 1 saturated carbocycles. The van der Waals surface area contributed by atoms with Gasteiger partial charge in [0, 0.05) is 14.6 Å². The standard InChI is InChI=1S/C15H19ClINO/c1-15(2)7-3-4-11(9-15)18-14(19)12-8-10(16)5-6-13(12)17/h5-6,8,11H,3-4,7,9H2,1-2H3,(H,18,19). The molecule has 0 bridgehead atoms. The van der Waals surface area contributed by atoms with E-state index in [-0.39, 0.29) is 11.9 Å². The topological polar surface area (TPSA) is 29.1 Å². The Morgan fingerprint density at radius 3 is 2.89 bits per heavy atom. The minimum atomic E-state index is -0.00500. The number of amides is 1. The summed E-state index contributed by atoms with van der Waals surface area (Å²) >= 11 is 8.14. The maximum absolute atomic E-state index is 12.3. The number of benzene rings is 1. The molecule has 1 aliphatic rings. The van der Waals surface area contributed by atoms with Crippen LogP contribution in [-0.2, 0) is 0 Å². The summed E-state index contributed by atoms with van der Waals surface area (Å²) in [5.41, 5.74) is 1.01. The second-order valence-electron chi connectivity index (χ2n) is 6.06. The van der Waals surface area contributed by atoms with Crippen LogP contribution in [0.3, 0.4) is 0 Å². The number of nitrogens with one attached hydrogen (secondary N) is 1. The van der Waals surface area contributed by atoms with Gasteiger partial charge in [0.25, 0.3) is 5.91 Å². The normalized spacial score (nSPS) is 22.0. The lowest BCUT2D eigenvalue weighted by Gasteiger charge is -2.35. The van der Waals surface area contributed by atoms with Gasteiger partial charge in [-0.05, 0) is 65.5 Å². The van der Waals surface area contributed by atoms with Crippen molar-refractivity contribution in [3.05, 3.63) is 32.4 Å². The monoisotopic (exact) mass is 391 g/mol. The van der Waals surface area contributed by atoms with E-state index >= 15 is 0 Å². The van der Waals surface area contributed by atoms with Gasteiger partial charge in [0.05, 0.1) is 5.56 Å². The first kappa shape index (κ1) is 15.1. The molecule has 2 nitrogen and oxygen atoms in total. The molecule has 104 valence electrons. The van der Waals surface area contributed by atoms with Gasteiger partial charge in [-0.1, -0.05) is 31.9 Å². The lowest BCUT2D eigenvalue weighted by atomic mass is 9.75. The van der Waals surface area contributed by atoms with Crippen LogP contribution in [0.5, 0.6) is 0 Å². The Balaban J connectivity index is 2.06. The third-order valence-electron chi connectivity index (χ3n) is 3.71. The second kappa shape index (κ2) is 6.00. The van der Waals surface area contributed by atoms with Gasteiger partial charge < -0.3 is 5.32 Å². The van der Waals surface area contributed by atoms with Gasteiger partial charge in [-0.3, -0.25) is 4.79 Å². The number of carbonyl (C=O) groups is 1. The first-order chi connectivity index (χ1) is 8.87. The quantitative estimate of drug-likeness (QED) is 0.731. The highest BCUT2D eigenvalue weighted by Gasteiger charge is 2.29. The number of hydrogen-bond acceptors (Lipinski definition) is 1. The predicted molar refractivity (Wildman–Crippen MR) is 87.7 cm³/mol. The van der Waals surface area contributed by atoms with Gasteiger partial charge in [0.2, 0.25) is 0 Å². The molecule has 1 N–H and O–H groups in total. The van der Waals surface area contributed by atoms with Crippen molar-refractivity contribution in [1.29, 1.82) is 0 Å². The Hall–Kier alpha value is -0.290. The zero-order valence-electron chi connectivity index (χ0n) is 11.3. The summed E-state index contributed by atoms with van der Waals surface area (Å²) in [4.78, 5) is 12.3. The molecule has 0 spiro atoms. The minimum absolute atomic E-state index is 0.00500. The van der Waals surface area contributed by atoms with Crippen LogP contribution in [0.1, 0.15) is 49.9 Å². The predicted octanol–water partition coefficient (Wildman–Crippen LogP) is 4.64. The Morgan fingerprint density at radius 1 is 1.47 bits per heavy atom. The van der Waals surface area contributed by atoms with Crippen molar-refractivity contribution in [3.8, 4) is 0 Å². The van der Waals surface area contributed by atoms with E-state index in [1.165, 1.54) is 12.8 Å². The van der Waals surface area contributed by atoms with Crippen molar-refractivity contribution >= 4 is 40.1 Å². The summed E-state index contributed by atoms with van der Waals surface area (Å²) in [7, 11) is 0. The molecule has 0 aromatic heterocycles. The maximum atomic E-state index is 12.3. The summed E-state index contributed by atoms with van der Waals surface area (Å²) in [6.07, 6.45) is 4.56. The fraction of sp³-hybridized carbons (Fsp3) is 0.533. The van der Waals surface area contributed by atoms with Gasteiger partial charge in [-0.15, -0.1) is 0 Å². The van der Waals surface area contributed by atoms with Crippen LogP contribution >= 0.6 is 34.2 Å². The van der Waals surface area contributed by atoms with Gasteiger partial charge >= 0.3 is 0 Å². The summed E-state index contributed by atoms with van der Waals surface area (Å²) in [6, 6.07) is 5.71. The maximum Gasteiger partial charge on any atom is 0.252 e. The third kappa shape index (κ3) is 4.09. The van der Waals surface area contributed by atoms with E-state index in [1.807, 2.05) is 12.1 Å². The first-order valence-electron chi connectivity index (χ1n) is 6.63. The largest absolute Gasteiger partial charge is 0.349 e. The van der Waals surface area contributed by atoms with E-state index in [0.29, 0.717) is 16.0 Å². The lowest BCUT2D eigenvalue weighted by molar-refractivity contribution is 0.0901. The Labute approximate surface area is 133 Å². The summed E-state index contributed by atoms with van der Waals surface area (Å²) in [6.45, 7) is 4.54. The highest BCUT2D eigenvalue weighted by molar-refractivity contribution is 14.1. The van der Waals surface area contributed by atoms with E-state index < -0.39 is 0 Å². The fourth-order valence-electron chi connectivity index (χ4n) is 2.76. The molecule has 1 aromatic rings. The van der Waals surface area contributed by atoms with E-state index in [0.717, 1.165) is 16.4 Å². The second-order valence-corrected chi connectivity index (χ2v) is 7.65. The lowest BCUT2D eigenvalue weighted by Crippen LogP contribution is -2.40. The fourth-order valence-corrected chi connectivity index (χ4v) is 3.51. The highest BCUT2D eigenvalue weighted by atomic mass is 127. The highest BCUT2D eigenvalue weighted by Crippen LogP contribution is 2.35. The number of carbonyl (C=O) groups excluding carboxylic acids is 1. The molecule has 19 heavy (non-hydrogen) atoms. The number of hydrogen-bond donors (Lipinski definition) is 1. The molecular formula is C15H19ClINO. The molecule has 2 rings (SSSR count). The molecule has 1 unspecified atom stereocenters. The minimum Gasteiger partial charge on any atom is -0.349 e.